The largest absolute Gasteiger partial charge is 0.336 e. The Balaban J connectivity index is 1.71. The molecule has 0 bridgehead atoms. The van der Waals surface area contributed by atoms with E-state index >= 15 is 0 Å². The summed E-state index contributed by atoms with van der Waals surface area (Å²) in [5.41, 5.74) is 2.08. The Morgan fingerprint density at radius 3 is 2.59 bits per heavy atom. The van der Waals surface area contributed by atoms with Crippen molar-refractivity contribution in [1.29, 1.82) is 0 Å². The lowest BCUT2D eigenvalue weighted by molar-refractivity contribution is 0.0697. The van der Waals surface area contributed by atoms with Crippen LogP contribution < -0.4 is 0 Å². The molecule has 2 heterocycles. The lowest BCUT2D eigenvalue weighted by Crippen LogP contribution is -2.50. The van der Waals surface area contributed by atoms with Gasteiger partial charge in [-0.2, -0.15) is 4.31 Å². The molecule has 1 aliphatic carbocycles. The van der Waals surface area contributed by atoms with Crippen LogP contribution in [0.5, 0.6) is 0 Å². The van der Waals surface area contributed by atoms with Crippen LogP contribution in [-0.4, -0.2) is 56.0 Å². The maximum Gasteiger partial charge on any atom is 0.255 e. The molecule has 0 radical (unpaired) electrons. The number of thiophene rings is 1. The maximum atomic E-state index is 12.7. The Morgan fingerprint density at radius 2 is 1.95 bits per heavy atom. The van der Waals surface area contributed by atoms with Crippen LogP contribution in [0.25, 0.3) is 0 Å². The molecule has 22 heavy (non-hydrogen) atoms. The molecule has 0 saturated carbocycles. The molecule has 1 atom stereocenters. The van der Waals surface area contributed by atoms with Crippen LogP contribution in [0.15, 0.2) is 5.38 Å². The third-order valence-electron chi connectivity index (χ3n) is 4.63. The van der Waals surface area contributed by atoms with Crippen molar-refractivity contribution in [2.24, 2.45) is 5.92 Å². The van der Waals surface area contributed by atoms with Gasteiger partial charge in [-0.1, -0.05) is 6.92 Å². The summed E-state index contributed by atoms with van der Waals surface area (Å²) in [6.07, 6.45) is 4.44. The van der Waals surface area contributed by atoms with Crippen LogP contribution in [0, 0.1) is 5.92 Å². The molecule has 7 heteroatoms. The molecule has 0 unspecified atom stereocenters. The lowest BCUT2D eigenvalue weighted by Gasteiger charge is -2.33. The zero-order valence-corrected chi connectivity index (χ0v) is 14.7. The quantitative estimate of drug-likeness (QED) is 0.820. The van der Waals surface area contributed by atoms with Gasteiger partial charge in [-0.25, -0.2) is 8.42 Å². The highest BCUT2D eigenvalue weighted by Crippen LogP contribution is 2.33. The van der Waals surface area contributed by atoms with Crippen LogP contribution in [0.4, 0.5) is 0 Å². The summed E-state index contributed by atoms with van der Waals surface area (Å²) in [6.45, 7) is 4.01. The third-order valence-corrected chi connectivity index (χ3v) is 6.98. The van der Waals surface area contributed by atoms with Gasteiger partial charge in [0.15, 0.2) is 0 Å². The average molecular weight is 342 g/mol. The van der Waals surface area contributed by atoms with Gasteiger partial charge in [0.05, 0.1) is 11.8 Å². The number of sulfonamides is 1. The van der Waals surface area contributed by atoms with Gasteiger partial charge in [-0.3, -0.25) is 4.79 Å². The molecule has 122 valence electrons. The van der Waals surface area contributed by atoms with Gasteiger partial charge < -0.3 is 4.90 Å². The first-order chi connectivity index (χ1) is 10.4. The van der Waals surface area contributed by atoms with E-state index in [4.69, 9.17) is 0 Å². The Labute approximate surface area is 136 Å². The third kappa shape index (κ3) is 3.07. The summed E-state index contributed by atoms with van der Waals surface area (Å²) < 4.78 is 24.5. The number of carbonyl (C=O) groups excluding carboxylic acids is 1. The first-order valence-electron chi connectivity index (χ1n) is 7.70. The van der Waals surface area contributed by atoms with Gasteiger partial charge in [0.1, 0.15) is 0 Å². The van der Waals surface area contributed by atoms with Crippen molar-refractivity contribution in [1.82, 2.24) is 9.21 Å². The summed E-state index contributed by atoms with van der Waals surface area (Å²) in [5, 5.41) is 1.99. The summed E-state index contributed by atoms with van der Waals surface area (Å²) in [7, 11) is -3.15. The van der Waals surface area contributed by atoms with Gasteiger partial charge in [0.2, 0.25) is 10.0 Å². The molecule has 1 saturated heterocycles. The van der Waals surface area contributed by atoms with Crippen molar-refractivity contribution in [3.63, 3.8) is 0 Å². The Morgan fingerprint density at radius 1 is 1.27 bits per heavy atom. The second-order valence-corrected chi connectivity index (χ2v) is 9.30. The topological polar surface area (TPSA) is 57.7 Å². The fourth-order valence-corrected chi connectivity index (χ4v) is 5.31. The van der Waals surface area contributed by atoms with Crippen molar-refractivity contribution in [2.45, 2.75) is 26.2 Å². The predicted octanol–water partition coefficient (Wildman–Crippen LogP) is 1.59. The molecular formula is C15H22N2O3S2. The molecule has 1 fully saturated rings. The predicted molar refractivity (Wildman–Crippen MR) is 87.8 cm³/mol. The fourth-order valence-electron chi connectivity index (χ4n) is 3.25. The van der Waals surface area contributed by atoms with Crippen LogP contribution in [0.3, 0.4) is 0 Å². The molecule has 1 aliphatic heterocycles. The first kappa shape index (κ1) is 16.0. The minimum absolute atomic E-state index is 0.0696. The minimum Gasteiger partial charge on any atom is -0.336 e. The van der Waals surface area contributed by atoms with E-state index in [0.717, 1.165) is 24.8 Å². The second kappa shape index (κ2) is 5.94. The van der Waals surface area contributed by atoms with Gasteiger partial charge >= 0.3 is 0 Å². The molecule has 0 aromatic carbocycles. The summed E-state index contributed by atoms with van der Waals surface area (Å²) in [5.74, 6) is 0.771. The van der Waals surface area contributed by atoms with Crippen molar-refractivity contribution in [3.05, 3.63) is 21.4 Å². The first-order valence-corrected chi connectivity index (χ1v) is 10.4. The van der Waals surface area contributed by atoms with E-state index in [2.05, 4.69) is 6.92 Å². The summed E-state index contributed by atoms with van der Waals surface area (Å²) in [6, 6.07) is 0. The van der Waals surface area contributed by atoms with Crippen LogP contribution in [0.2, 0.25) is 0 Å². The normalized spacial score (nSPS) is 23.4. The van der Waals surface area contributed by atoms with Crippen molar-refractivity contribution in [3.8, 4) is 0 Å². The summed E-state index contributed by atoms with van der Waals surface area (Å²) >= 11 is 1.70. The number of hydrogen-bond acceptors (Lipinski definition) is 4. The SMILES string of the molecule is C[C@H]1CCc2c(C(=O)N3CCN(S(C)(=O)=O)CC3)csc2C1. The molecule has 0 spiro atoms. The Bertz CT molecular complexity index is 673. The molecule has 1 aromatic rings. The zero-order chi connectivity index (χ0) is 15.9. The van der Waals surface area contributed by atoms with Gasteiger partial charge in [0, 0.05) is 36.4 Å². The molecule has 5 nitrogen and oxygen atoms in total. The Hall–Kier alpha value is -0.920. The van der Waals surface area contributed by atoms with E-state index in [1.54, 1.807) is 16.2 Å². The van der Waals surface area contributed by atoms with E-state index in [1.165, 1.54) is 21.0 Å². The number of rotatable bonds is 2. The van der Waals surface area contributed by atoms with Crippen LogP contribution in [-0.2, 0) is 22.9 Å². The monoisotopic (exact) mass is 342 g/mol. The second-order valence-electron chi connectivity index (χ2n) is 6.35. The molecule has 1 aromatic heterocycles. The summed E-state index contributed by atoms with van der Waals surface area (Å²) in [4.78, 5) is 15.9. The lowest BCUT2D eigenvalue weighted by atomic mass is 9.88. The molecule has 2 aliphatic rings. The van der Waals surface area contributed by atoms with Crippen LogP contribution >= 0.6 is 11.3 Å². The molecule has 1 amide bonds. The standard InChI is InChI=1S/C15H22N2O3S2/c1-11-3-4-12-13(10-21-14(12)9-11)15(18)16-5-7-17(8-6-16)22(2,19)20/h10-11H,3-9H2,1-2H3/t11-/m0/s1. The number of fused-ring (bicyclic) bond motifs is 1. The highest BCUT2D eigenvalue weighted by molar-refractivity contribution is 7.88. The minimum atomic E-state index is -3.15. The van der Waals surface area contributed by atoms with E-state index < -0.39 is 10.0 Å². The van der Waals surface area contributed by atoms with E-state index in [9.17, 15) is 13.2 Å². The number of carbonyl (C=O) groups is 1. The van der Waals surface area contributed by atoms with Gasteiger partial charge in [-0.05, 0) is 30.7 Å². The van der Waals surface area contributed by atoms with Crippen molar-refractivity contribution >= 4 is 27.3 Å². The average Bonchev–Trinajstić information content (AvgIpc) is 2.88. The zero-order valence-electron chi connectivity index (χ0n) is 13.0. The van der Waals surface area contributed by atoms with E-state index in [0.29, 0.717) is 32.1 Å². The molecule has 0 N–H and O–H groups in total. The smallest absolute Gasteiger partial charge is 0.255 e. The number of nitrogens with zero attached hydrogens (tertiary/aromatic N) is 2. The van der Waals surface area contributed by atoms with Gasteiger partial charge in [-0.15, -0.1) is 11.3 Å². The van der Waals surface area contributed by atoms with Crippen molar-refractivity contribution < 1.29 is 13.2 Å². The fraction of sp³-hybridized carbons (Fsp3) is 0.667. The van der Waals surface area contributed by atoms with E-state index in [-0.39, 0.29) is 5.91 Å². The van der Waals surface area contributed by atoms with Crippen LogP contribution in [0.1, 0.15) is 34.1 Å². The number of piperazine rings is 1. The van der Waals surface area contributed by atoms with Gasteiger partial charge in [0.25, 0.3) is 5.91 Å². The Kier molecular flexibility index (Phi) is 4.31. The number of amides is 1. The molecule has 3 rings (SSSR count). The highest BCUT2D eigenvalue weighted by atomic mass is 32.2. The molecular weight excluding hydrogens is 320 g/mol. The van der Waals surface area contributed by atoms with Crippen molar-refractivity contribution in [2.75, 3.05) is 32.4 Å². The maximum absolute atomic E-state index is 12.7. The highest BCUT2D eigenvalue weighted by Gasteiger charge is 2.29. The number of hydrogen-bond donors (Lipinski definition) is 0. The van der Waals surface area contributed by atoms with E-state index in [1.807, 2.05) is 5.38 Å².